The Morgan fingerprint density at radius 1 is 1.29 bits per heavy atom. The van der Waals surface area contributed by atoms with E-state index in [2.05, 4.69) is 28.3 Å². The fourth-order valence-corrected chi connectivity index (χ4v) is 3.85. The topological polar surface area (TPSA) is 72.3 Å². The molecule has 3 aromatic rings. The lowest BCUT2D eigenvalue weighted by molar-refractivity contribution is 0.0949. The minimum atomic E-state index is -0.153. The first-order valence-electron chi connectivity index (χ1n) is 9.58. The molecule has 7 nitrogen and oxygen atoms in total. The van der Waals surface area contributed by atoms with Crippen molar-refractivity contribution in [3.8, 4) is 5.75 Å². The van der Waals surface area contributed by atoms with Crippen molar-refractivity contribution in [3.05, 3.63) is 53.9 Å². The minimum absolute atomic E-state index is 0.153. The van der Waals surface area contributed by atoms with Crippen LogP contribution in [0, 0.1) is 0 Å². The average molecular weight is 379 g/mol. The second kappa shape index (κ2) is 7.98. The van der Waals surface area contributed by atoms with Crippen LogP contribution in [-0.2, 0) is 6.54 Å². The maximum Gasteiger partial charge on any atom is 0.255 e. The third-order valence-electron chi connectivity index (χ3n) is 5.27. The van der Waals surface area contributed by atoms with Crippen LogP contribution in [0.1, 0.15) is 28.4 Å². The number of benzene rings is 1. The van der Waals surface area contributed by atoms with E-state index in [1.165, 1.54) is 0 Å². The largest absolute Gasteiger partial charge is 0.496 e. The lowest BCUT2D eigenvalue weighted by Gasteiger charge is -2.09. The predicted octanol–water partition coefficient (Wildman–Crippen LogP) is 2.29. The monoisotopic (exact) mass is 379 g/mol. The molecule has 0 unspecified atom stereocenters. The Balaban J connectivity index is 1.49. The van der Waals surface area contributed by atoms with Gasteiger partial charge in [-0.1, -0.05) is 12.1 Å². The Hall–Kier alpha value is -2.93. The van der Waals surface area contributed by atoms with Crippen molar-refractivity contribution in [1.82, 2.24) is 25.0 Å². The number of carbonyl (C=O) groups excluding carboxylic acids is 1. The van der Waals surface area contributed by atoms with Gasteiger partial charge in [0.2, 0.25) is 0 Å². The first-order chi connectivity index (χ1) is 13.7. The van der Waals surface area contributed by atoms with Crippen molar-refractivity contribution in [1.29, 1.82) is 0 Å². The smallest absolute Gasteiger partial charge is 0.255 e. The summed E-state index contributed by atoms with van der Waals surface area (Å²) in [6.07, 6.45) is 2.90. The highest BCUT2D eigenvalue weighted by atomic mass is 16.5. The van der Waals surface area contributed by atoms with Crippen LogP contribution < -0.4 is 10.1 Å². The van der Waals surface area contributed by atoms with E-state index in [9.17, 15) is 4.79 Å². The van der Waals surface area contributed by atoms with Gasteiger partial charge in [-0.15, -0.1) is 0 Å². The molecule has 1 amide bonds. The molecule has 4 rings (SSSR count). The highest BCUT2D eigenvalue weighted by Gasteiger charge is 2.26. The van der Waals surface area contributed by atoms with Gasteiger partial charge in [0.1, 0.15) is 5.75 Å². The van der Waals surface area contributed by atoms with Crippen molar-refractivity contribution in [2.75, 3.05) is 33.8 Å². The molecule has 7 heteroatoms. The van der Waals surface area contributed by atoms with Crippen LogP contribution in [0.3, 0.4) is 0 Å². The van der Waals surface area contributed by atoms with Crippen LogP contribution in [0.15, 0.2) is 42.6 Å². The number of methoxy groups -OCH3 is 1. The molecule has 3 heterocycles. The number of para-hydroxylation sites is 1. The molecule has 0 spiro atoms. The second-order valence-corrected chi connectivity index (χ2v) is 7.19. The van der Waals surface area contributed by atoms with Gasteiger partial charge in [0.05, 0.1) is 24.9 Å². The van der Waals surface area contributed by atoms with Crippen molar-refractivity contribution in [2.24, 2.45) is 0 Å². The fourth-order valence-electron chi connectivity index (χ4n) is 3.85. The molecule has 28 heavy (non-hydrogen) atoms. The Labute approximate surface area is 164 Å². The number of nitrogens with one attached hydrogen (secondary N) is 1. The van der Waals surface area contributed by atoms with E-state index < -0.39 is 0 Å². The van der Waals surface area contributed by atoms with Crippen LogP contribution in [-0.4, -0.2) is 59.4 Å². The summed E-state index contributed by atoms with van der Waals surface area (Å²) in [6, 6.07) is 11.3. The van der Waals surface area contributed by atoms with Gasteiger partial charge in [-0.3, -0.25) is 4.79 Å². The maximum absolute atomic E-state index is 12.5. The van der Waals surface area contributed by atoms with Gasteiger partial charge in [-0.05, 0) is 44.3 Å². The number of nitrogens with zero attached hydrogens (tertiary/aromatic N) is 4. The number of likely N-dealkylation sites (N-methyl/N-ethyl adjacent to an activating group) is 1. The number of fused-ring (bicyclic) bond motifs is 1. The molecule has 1 aliphatic rings. The van der Waals surface area contributed by atoms with Gasteiger partial charge in [0.25, 0.3) is 5.91 Å². The molecule has 1 fully saturated rings. The van der Waals surface area contributed by atoms with Gasteiger partial charge >= 0.3 is 0 Å². The SMILES string of the molecule is COc1ccccc1C(=O)NCCn1nc([C@@H]2CCN(C)C2)c2cccnc21. The number of aromatic nitrogens is 3. The van der Waals surface area contributed by atoms with Gasteiger partial charge in [0.15, 0.2) is 5.65 Å². The zero-order valence-corrected chi connectivity index (χ0v) is 16.3. The number of likely N-dealkylation sites (tertiary alicyclic amines) is 1. The van der Waals surface area contributed by atoms with Gasteiger partial charge in [0, 0.05) is 30.6 Å². The molecule has 0 saturated carbocycles. The predicted molar refractivity (Wildman–Crippen MR) is 108 cm³/mol. The molecule has 2 aromatic heterocycles. The van der Waals surface area contributed by atoms with Gasteiger partial charge in [-0.2, -0.15) is 5.10 Å². The summed E-state index contributed by atoms with van der Waals surface area (Å²) in [4.78, 5) is 19.3. The van der Waals surface area contributed by atoms with Gasteiger partial charge < -0.3 is 15.0 Å². The first kappa shape index (κ1) is 18.4. The van der Waals surface area contributed by atoms with Crippen molar-refractivity contribution < 1.29 is 9.53 Å². The second-order valence-electron chi connectivity index (χ2n) is 7.19. The summed E-state index contributed by atoms with van der Waals surface area (Å²) in [7, 11) is 3.71. The van der Waals surface area contributed by atoms with Gasteiger partial charge in [-0.25, -0.2) is 9.67 Å². The molecule has 146 valence electrons. The first-order valence-corrected chi connectivity index (χ1v) is 9.58. The average Bonchev–Trinajstić information content (AvgIpc) is 3.31. The van der Waals surface area contributed by atoms with Crippen LogP contribution in [0.5, 0.6) is 5.75 Å². The minimum Gasteiger partial charge on any atom is -0.496 e. The Kier molecular flexibility index (Phi) is 5.25. The fraction of sp³-hybridized carbons (Fsp3) is 0.381. The van der Waals surface area contributed by atoms with Crippen LogP contribution in [0.25, 0.3) is 11.0 Å². The lowest BCUT2D eigenvalue weighted by atomic mass is 10.0. The standard InChI is InChI=1S/C21H25N5O2/c1-25-12-9-15(14-25)19-17-7-5-10-22-20(17)26(24-19)13-11-23-21(27)16-6-3-4-8-18(16)28-2/h3-8,10,15H,9,11-14H2,1-2H3,(H,23,27)/t15-/m1/s1. The number of amides is 1. The molecular weight excluding hydrogens is 354 g/mol. The zero-order chi connectivity index (χ0) is 19.5. The van der Waals surface area contributed by atoms with E-state index in [4.69, 9.17) is 9.84 Å². The highest BCUT2D eigenvalue weighted by Crippen LogP contribution is 2.30. The van der Waals surface area contributed by atoms with Crippen molar-refractivity contribution in [3.63, 3.8) is 0 Å². The van der Waals surface area contributed by atoms with E-state index in [0.717, 1.165) is 36.2 Å². The van der Waals surface area contributed by atoms with E-state index in [1.54, 1.807) is 25.4 Å². The molecule has 1 aromatic carbocycles. The number of rotatable bonds is 6. The van der Waals surface area contributed by atoms with Crippen LogP contribution >= 0.6 is 0 Å². The van der Waals surface area contributed by atoms with Crippen molar-refractivity contribution >= 4 is 16.9 Å². The third-order valence-corrected chi connectivity index (χ3v) is 5.27. The number of carbonyl (C=O) groups is 1. The quantitative estimate of drug-likeness (QED) is 0.711. The van der Waals surface area contributed by atoms with E-state index in [-0.39, 0.29) is 5.91 Å². The Morgan fingerprint density at radius 3 is 2.93 bits per heavy atom. The molecule has 1 aliphatic heterocycles. The highest BCUT2D eigenvalue weighted by molar-refractivity contribution is 5.96. The molecule has 1 saturated heterocycles. The third kappa shape index (κ3) is 3.57. The molecular formula is C21H25N5O2. The van der Waals surface area contributed by atoms with Crippen molar-refractivity contribution in [2.45, 2.75) is 18.9 Å². The number of hydrogen-bond donors (Lipinski definition) is 1. The zero-order valence-electron chi connectivity index (χ0n) is 16.3. The number of hydrogen-bond acceptors (Lipinski definition) is 5. The maximum atomic E-state index is 12.5. The summed E-state index contributed by atoms with van der Waals surface area (Å²) in [6.45, 7) is 3.14. The van der Waals surface area contributed by atoms with Crippen LogP contribution in [0.4, 0.5) is 0 Å². The number of ether oxygens (including phenoxy) is 1. The molecule has 0 bridgehead atoms. The normalized spacial score (nSPS) is 17.1. The lowest BCUT2D eigenvalue weighted by Crippen LogP contribution is -2.28. The van der Waals surface area contributed by atoms with E-state index >= 15 is 0 Å². The summed E-state index contributed by atoms with van der Waals surface area (Å²) < 4.78 is 7.17. The van der Waals surface area contributed by atoms with E-state index in [0.29, 0.717) is 30.3 Å². The summed E-state index contributed by atoms with van der Waals surface area (Å²) in [5, 5.41) is 8.93. The Bertz CT molecular complexity index is 984. The molecule has 0 radical (unpaired) electrons. The number of pyridine rings is 1. The summed E-state index contributed by atoms with van der Waals surface area (Å²) >= 11 is 0. The Morgan fingerprint density at radius 2 is 2.14 bits per heavy atom. The van der Waals surface area contributed by atoms with E-state index in [1.807, 2.05) is 22.9 Å². The summed E-state index contributed by atoms with van der Waals surface area (Å²) in [5.41, 5.74) is 2.52. The molecule has 0 aliphatic carbocycles. The molecule has 1 N–H and O–H groups in total. The molecule has 1 atom stereocenters. The summed E-state index contributed by atoms with van der Waals surface area (Å²) in [5.74, 6) is 0.847. The van der Waals surface area contributed by atoms with Crippen LogP contribution in [0.2, 0.25) is 0 Å².